The molecule has 2 heterocycles. The van der Waals surface area contributed by atoms with Gasteiger partial charge < -0.3 is 9.64 Å². The third kappa shape index (κ3) is 3.09. The van der Waals surface area contributed by atoms with E-state index in [4.69, 9.17) is 4.74 Å². The van der Waals surface area contributed by atoms with E-state index in [-0.39, 0.29) is 10.6 Å². The van der Waals surface area contributed by atoms with Crippen molar-refractivity contribution < 1.29 is 17.5 Å². The molecule has 132 valence electrons. The Morgan fingerprint density at radius 2 is 1.80 bits per heavy atom. The number of rotatable bonds is 4. The van der Waals surface area contributed by atoms with Crippen molar-refractivity contribution in [2.75, 3.05) is 22.7 Å². The van der Waals surface area contributed by atoms with Crippen LogP contribution in [0.4, 0.5) is 15.8 Å². The van der Waals surface area contributed by atoms with Crippen LogP contribution < -0.4 is 9.62 Å². The summed E-state index contributed by atoms with van der Waals surface area (Å²) in [5.74, 6) is -0.572. The van der Waals surface area contributed by atoms with Crippen molar-refractivity contribution in [2.24, 2.45) is 0 Å². The van der Waals surface area contributed by atoms with E-state index in [0.717, 1.165) is 37.1 Å². The summed E-state index contributed by atoms with van der Waals surface area (Å²) in [4.78, 5) is 2.13. The number of hydrogen-bond acceptors (Lipinski definition) is 4. The molecule has 0 bridgehead atoms. The van der Waals surface area contributed by atoms with Crippen LogP contribution in [-0.4, -0.2) is 21.5 Å². The summed E-state index contributed by atoms with van der Waals surface area (Å²) in [6.45, 7) is 2.50. The van der Waals surface area contributed by atoms with Gasteiger partial charge in [0.05, 0.1) is 23.8 Å². The van der Waals surface area contributed by atoms with Gasteiger partial charge in [-0.2, -0.15) is 0 Å². The second-order valence-corrected chi connectivity index (χ2v) is 8.04. The largest absolute Gasteiger partial charge is 0.372 e. The van der Waals surface area contributed by atoms with Crippen LogP contribution in [0.15, 0.2) is 41.3 Å². The molecule has 1 N–H and O–H groups in total. The highest BCUT2D eigenvalue weighted by atomic mass is 32.2. The van der Waals surface area contributed by atoms with Gasteiger partial charge in [0.2, 0.25) is 0 Å². The van der Waals surface area contributed by atoms with Gasteiger partial charge in [-0.05, 0) is 48.2 Å². The van der Waals surface area contributed by atoms with E-state index in [2.05, 4.69) is 4.72 Å². The van der Waals surface area contributed by atoms with Crippen molar-refractivity contribution in [3.8, 4) is 0 Å². The Kier molecular flexibility index (Phi) is 4.13. The number of sulfonamides is 1. The number of nitrogens with one attached hydrogen (secondary N) is 1. The third-order valence-corrected chi connectivity index (χ3v) is 6.03. The van der Waals surface area contributed by atoms with Gasteiger partial charge in [-0.15, -0.1) is 0 Å². The van der Waals surface area contributed by atoms with Crippen LogP contribution in [0, 0.1) is 5.82 Å². The molecule has 0 unspecified atom stereocenters. The fourth-order valence-corrected chi connectivity index (χ4v) is 4.48. The lowest BCUT2D eigenvalue weighted by molar-refractivity contribution is 0.134. The molecule has 25 heavy (non-hydrogen) atoms. The molecule has 2 aromatic rings. The van der Waals surface area contributed by atoms with E-state index >= 15 is 0 Å². The average Bonchev–Trinajstić information content (AvgIpc) is 3.27. The van der Waals surface area contributed by atoms with E-state index in [9.17, 15) is 12.8 Å². The number of hydrogen-bond donors (Lipinski definition) is 1. The van der Waals surface area contributed by atoms with Gasteiger partial charge in [-0.3, -0.25) is 4.72 Å². The van der Waals surface area contributed by atoms with Crippen LogP contribution in [0.1, 0.15) is 24.0 Å². The van der Waals surface area contributed by atoms with Crippen molar-refractivity contribution in [3.05, 3.63) is 53.3 Å². The minimum absolute atomic E-state index is 0.0150. The number of ether oxygens (including phenoxy) is 1. The van der Waals surface area contributed by atoms with Gasteiger partial charge in [0.1, 0.15) is 11.5 Å². The highest BCUT2D eigenvalue weighted by Gasteiger charge is 2.24. The lowest BCUT2D eigenvalue weighted by atomic mass is 10.1. The Balaban J connectivity index is 1.69. The van der Waals surface area contributed by atoms with Crippen LogP contribution >= 0.6 is 0 Å². The zero-order chi connectivity index (χ0) is 17.4. The third-order valence-electron chi connectivity index (χ3n) is 4.68. The molecule has 0 spiro atoms. The Morgan fingerprint density at radius 1 is 1.04 bits per heavy atom. The normalized spacial score (nSPS) is 16.9. The second kappa shape index (κ2) is 6.31. The topological polar surface area (TPSA) is 58.6 Å². The Bertz CT molecular complexity index is 909. The molecule has 1 saturated heterocycles. The molecule has 7 heteroatoms. The molecular weight excluding hydrogens is 343 g/mol. The Labute approximate surface area is 146 Å². The molecule has 4 rings (SSSR count). The van der Waals surface area contributed by atoms with Crippen LogP contribution in [0.2, 0.25) is 0 Å². The number of halogens is 1. The summed E-state index contributed by atoms with van der Waals surface area (Å²) in [7, 11) is -3.88. The predicted octanol–water partition coefficient (Wildman–Crippen LogP) is 3.26. The minimum atomic E-state index is -3.88. The maximum Gasteiger partial charge on any atom is 0.262 e. The van der Waals surface area contributed by atoms with Crippen LogP contribution in [0.5, 0.6) is 0 Å². The van der Waals surface area contributed by atoms with Crippen molar-refractivity contribution in [1.82, 2.24) is 0 Å². The molecule has 1 fully saturated rings. The Hall–Kier alpha value is -2.12. The summed E-state index contributed by atoms with van der Waals surface area (Å²) in [5, 5.41) is 0. The van der Waals surface area contributed by atoms with Gasteiger partial charge in [-0.1, -0.05) is 12.1 Å². The van der Waals surface area contributed by atoms with Gasteiger partial charge in [-0.25, -0.2) is 12.8 Å². The molecule has 0 radical (unpaired) electrons. The van der Waals surface area contributed by atoms with Crippen LogP contribution in [0.25, 0.3) is 0 Å². The maximum atomic E-state index is 14.4. The summed E-state index contributed by atoms with van der Waals surface area (Å²) < 4.78 is 47.7. The fraction of sp³-hybridized carbons (Fsp3) is 0.333. The highest BCUT2D eigenvalue weighted by molar-refractivity contribution is 7.92. The molecule has 0 atom stereocenters. The summed E-state index contributed by atoms with van der Waals surface area (Å²) >= 11 is 0. The summed E-state index contributed by atoms with van der Waals surface area (Å²) in [6, 6.07) is 9.51. The number of nitrogens with zero attached hydrogens (tertiary/aromatic N) is 1. The number of benzene rings is 2. The first kappa shape index (κ1) is 16.4. The van der Waals surface area contributed by atoms with Gasteiger partial charge in [0, 0.05) is 13.1 Å². The Morgan fingerprint density at radius 3 is 2.60 bits per heavy atom. The molecule has 0 aliphatic carbocycles. The van der Waals surface area contributed by atoms with Gasteiger partial charge in [0.25, 0.3) is 10.0 Å². The molecule has 0 amide bonds. The van der Waals surface area contributed by atoms with Crippen LogP contribution in [0.3, 0.4) is 0 Å². The van der Waals surface area contributed by atoms with Crippen molar-refractivity contribution in [3.63, 3.8) is 0 Å². The quantitative estimate of drug-likeness (QED) is 0.907. The van der Waals surface area contributed by atoms with Crippen molar-refractivity contribution in [1.29, 1.82) is 0 Å². The smallest absolute Gasteiger partial charge is 0.262 e. The average molecular weight is 362 g/mol. The zero-order valence-corrected chi connectivity index (χ0v) is 14.5. The maximum absolute atomic E-state index is 14.4. The van der Waals surface area contributed by atoms with Gasteiger partial charge in [0.15, 0.2) is 0 Å². The number of fused-ring (bicyclic) bond motifs is 1. The van der Waals surface area contributed by atoms with Crippen molar-refractivity contribution in [2.45, 2.75) is 31.0 Å². The molecule has 2 aliphatic heterocycles. The molecular formula is C18H19FN2O3S. The minimum Gasteiger partial charge on any atom is -0.372 e. The molecule has 5 nitrogen and oxygen atoms in total. The SMILES string of the molecule is O=S(=O)(Nc1c(F)cccc1N1CCCC1)c1ccc2c(c1)COC2. The number of para-hydroxylation sites is 1. The monoisotopic (exact) mass is 362 g/mol. The predicted molar refractivity (Wildman–Crippen MR) is 93.6 cm³/mol. The molecule has 0 aromatic heterocycles. The lowest BCUT2D eigenvalue weighted by Crippen LogP contribution is -2.22. The fourth-order valence-electron chi connectivity index (χ4n) is 3.34. The standard InChI is InChI=1S/C18H19FN2O3S/c19-16-4-3-5-17(21-8-1-2-9-21)18(16)20-25(22,23)15-7-6-13-11-24-12-14(13)10-15/h3-7,10,20H,1-2,8-9,11-12H2. The first-order chi connectivity index (χ1) is 12.0. The molecule has 2 aromatic carbocycles. The van der Waals surface area contributed by atoms with E-state index in [1.807, 2.05) is 4.90 Å². The molecule has 0 saturated carbocycles. The van der Waals surface area contributed by atoms with E-state index in [1.54, 1.807) is 24.3 Å². The van der Waals surface area contributed by atoms with Crippen molar-refractivity contribution >= 4 is 21.4 Å². The summed E-state index contributed by atoms with van der Waals surface area (Å²) in [5.41, 5.74) is 2.45. The zero-order valence-electron chi connectivity index (χ0n) is 13.7. The van der Waals surface area contributed by atoms with E-state index < -0.39 is 15.8 Å². The van der Waals surface area contributed by atoms with Crippen LogP contribution in [-0.2, 0) is 28.0 Å². The van der Waals surface area contributed by atoms with E-state index in [0.29, 0.717) is 18.9 Å². The first-order valence-corrected chi connectivity index (χ1v) is 9.79. The first-order valence-electron chi connectivity index (χ1n) is 8.30. The molecule has 2 aliphatic rings. The number of anilines is 2. The highest BCUT2D eigenvalue weighted by Crippen LogP contribution is 2.33. The van der Waals surface area contributed by atoms with Gasteiger partial charge >= 0.3 is 0 Å². The van der Waals surface area contributed by atoms with E-state index in [1.165, 1.54) is 12.1 Å². The second-order valence-electron chi connectivity index (χ2n) is 6.36. The lowest BCUT2D eigenvalue weighted by Gasteiger charge is -2.22. The summed E-state index contributed by atoms with van der Waals surface area (Å²) in [6.07, 6.45) is 2.04.